The van der Waals surface area contributed by atoms with Crippen molar-refractivity contribution >= 4 is 5.91 Å². The maximum atomic E-state index is 13.0. The summed E-state index contributed by atoms with van der Waals surface area (Å²) in [6.45, 7) is 3.65. The predicted octanol–water partition coefficient (Wildman–Crippen LogP) is 2.23. The maximum Gasteiger partial charge on any atom is 0.257 e. The molecule has 0 bridgehead atoms. The summed E-state index contributed by atoms with van der Waals surface area (Å²) in [6.07, 6.45) is 4.76. The molecular weight excluding hydrogens is 271 g/mol. The number of benzene rings is 1. The standard InChI is InChI=1S/C16H21FN2O2/c17-12-4-5-14(15(20)10-12)16(21)19-9-6-13(11-19)18-7-2-1-3-8-18/h4-5,10,13,20H,1-3,6-9,11H2. The third-order valence-corrected chi connectivity index (χ3v) is 4.55. The Morgan fingerprint density at radius 2 is 1.95 bits per heavy atom. The van der Waals surface area contributed by atoms with Crippen molar-refractivity contribution in [2.45, 2.75) is 31.7 Å². The molecule has 0 spiro atoms. The highest BCUT2D eigenvalue weighted by Gasteiger charge is 2.32. The first-order chi connectivity index (χ1) is 10.1. The van der Waals surface area contributed by atoms with Gasteiger partial charge in [-0.25, -0.2) is 4.39 Å². The Kier molecular flexibility index (Phi) is 4.10. The highest BCUT2D eigenvalue weighted by molar-refractivity contribution is 5.97. The number of hydrogen-bond acceptors (Lipinski definition) is 3. The lowest BCUT2D eigenvalue weighted by Gasteiger charge is -2.32. The van der Waals surface area contributed by atoms with E-state index in [0.717, 1.165) is 25.6 Å². The van der Waals surface area contributed by atoms with Crippen LogP contribution in [0.15, 0.2) is 18.2 Å². The number of carbonyl (C=O) groups excluding carboxylic acids is 1. The van der Waals surface area contributed by atoms with Gasteiger partial charge < -0.3 is 10.0 Å². The average molecular weight is 292 g/mol. The van der Waals surface area contributed by atoms with Crippen LogP contribution < -0.4 is 0 Å². The monoisotopic (exact) mass is 292 g/mol. The van der Waals surface area contributed by atoms with Crippen LogP contribution in [0.25, 0.3) is 0 Å². The smallest absolute Gasteiger partial charge is 0.257 e. The first-order valence-corrected chi connectivity index (χ1v) is 7.67. The quantitative estimate of drug-likeness (QED) is 0.909. The third kappa shape index (κ3) is 3.02. The van der Waals surface area contributed by atoms with Crippen molar-refractivity contribution < 1.29 is 14.3 Å². The van der Waals surface area contributed by atoms with Gasteiger partial charge in [0.15, 0.2) is 0 Å². The van der Waals surface area contributed by atoms with E-state index in [0.29, 0.717) is 19.1 Å². The van der Waals surface area contributed by atoms with E-state index in [-0.39, 0.29) is 17.2 Å². The van der Waals surface area contributed by atoms with Crippen molar-refractivity contribution in [1.29, 1.82) is 0 Å². The Morgan fingerprint density at radius 3 is 2.67 bits per heavy atom. The molecule has 0 aliphatic carbocycles. The van der Waals surface area contributed by atoms with Gasteiger partial charge in [0.05, 0.1) is 5.56 Å². The van der Waals surface area contributed by atoms with Crippen molar-refractivity contribution in [2.24, 2.45) is 0 Å². The Bertz CT molecular complexity index is 529. The maximum absolute atomic E-state index is 13.0. The van der Waals surface area contributed by atoms with Gasteiger partial charge in [0.2, 0.25) is 0 Å². The molecule has 0 aromatic heterocycles. The van der Waals surface area contributed by atoms with Crippen LogP contribution in [0.5, 0.6) is 5.75 Å². The molecule has 1 amide bonds. The summed E-state index contributed by atoms with van der Waals surface area (Å²) in [4.78, 5) is 16.7. The molecule has 1 atom stereocenters. The molecule has 1 aromatic carbocycles. The van der Waals surface area contributed by atoms with E-state index < -0.39 is 5.82 Å². The van der Waals surface area contributed by atoms with E-state index in [1.165, 1.54) is 31.4 Å². The van der Waals surface area contributed by atoms with Crippen LogP contribution in [0.3, 0.4) is 0 Å². The van der Waals surface area contributed by atoms with E-state index in [2.05, 4.69) is 4.90 Å². The highest BCUT2D eigenvalue weighted by atomic mass is 19.1. The zero-order valence-electron chi connectivity index (χ0n) is 12.1. The lowest BCUT2D eigenvalue weighted by atomic mass is 10.1. The van der Waals surface area contributed by atoms with Crippen molar-refractivity contribution in [3.05, 3.63) is 29.6 Å². The van der Waals surface area contributed by atoms with Crippen LogP contribution in [0.2, 0.25) is 0 Å². The molecule has 1 unspecified atom stereocenters. The van der Waals surface area contributed by atoms with Crippen LogP contribution in [-0.2, 0) is 0 Å². The van der Waals surface area contributed by atoms with E-state index in [1.54, 1.807) is 4.90 Å². The highest BCUT2D eigenvalue weighted by Crippen LogP contribution is 2.25. The Labute approximate surface area is 124 Å². The van der Waals surface area contributed by atoms with Gasteiger partial charge in [-0.05, 0) is 44.5 Å². The number of phenolic OH excluding ortho intramolecular Hbond substituents is 1. The molecule has 5 heteroatoms. The molecule has 1 N–H and O–H groups in total. The molecule has 1 aromatic rings. The zero-order chi connectivity index (χ0) is 14.8. The number of hydrogen-bond donors (Lipinski definition) is 1. The number of rotatable bonds is 2. The van der Waals surface area contributed by atoms with Crippen molar-refractivity contribution in [3.8, 4) is 5.75 Å². The minimum atomic E-state index is -0.531. The number of phenols is 1. The van der Waals surface area contributed by atoms with Gasteiger partial charge in [-0.15, -0.1) is 0 Å². The molecule has 4 nitrogen and oxygen atoms in total. The summed E-state index contributed by atoms with van der Waals surface area (Å²) in [5.41, 5.74) is 0.190. The second-order valence-corrected chi connectivity index (χ2v) is 5.95. The zero-order valence-corrected chi connectivity index (χ0v) is 12.1. The predicted molar refractivity (Wildman–Crippen MR) is 77.8 cm³/mol. The van der Waals surface area contributed by atoms with Crippen molar-refractivity contribution in [3.63, 3.8) is 0 Å². The first kappa shape index (κ1) is 14.3. The van der Waals surface area contributed by atoms with E-state index >= 15 is 0 Å². The number of carbonyl (C=O) groups is 1. The average Bonchev–Trinajstić information content (AvgIpc) is 2.97. The van der Waals surface area contributed by atoms with Crippen LogP contribution in [0.4, 0.5) is 4.39 Å². The molecule has 2 fully saturated rings. The minimum absolute atomic E-state index is 0.190. The number of likely N-dealkylation sites (tertiary alicyclic amines) is 2. The van der Waals surface area contributed by atoms with Crippen LogP contribution >= 0.6 is 0 Å². The van der Waals surface area contributed by atoms with E-state index in [9.17, 15) is 14.3 Å². The van der Waals surface area contributed by atoms with Crippen molar-refractivity contribution in [2.75, 3.05) is 26.2 Å². The van der Waals surface area contributed by atoms with Gasteiger partial charge in [-0.2, -0.15) is 0 Å². The number of amides is 1. The molecule has 2 saturated heterocycles. The topological polar surface area (TPSA) is 43.8 Å². The summed E-state index contributed by atoms with van der Waals surface area (Å²) in [5, 5.41) is 9.74. The number of nitrogens with zero attached hydrogens (tertiary/aromatic N) is 2. The Hall–Kier alpha value is -1.62. The molecule has 2 aliphatic rings. The van der Waals surface area contributed by atoms with Gasteiger partial charge in [0.1, 0.15) is 11.6 Å². The third-order valence-electron chi connectivity index (χ3n) is 4.55. The van der Waals surface area contributed by atoms with Crippen molar-refractivity contribution in [1.82, 2.24) is 9.80 Å². The first-order valence-electron chi connectivity index (χ1n) is 7.67. The minimum Gasteiger partial charge on any atom is -0.507 e. The number of aromatic hydroxyl groups is 1. The van der Waals surface area contributed by atoms with Gasteiger partial charge >= 0.3 is 0 Å². The molecule has 2 aliphatic heterocycles. The summed E-state index contributed by atoms with van der Waals surface area (Å²) in [5.74, 6) is -1.01. The molecule has 3 rings (SSSR count). The molecule has 114 valence electrons. The fraction of sp³-hybridized carbons (Fsp3) is 0.562. The Morgan fingerprint density at radius 1 is 1.19 bits per heavy atom. The van der Waals surface area contributed by atoms with E-state index in [1.807, 2.05) is 0 Å². The van der Waals surface area contributed by atoms with Gasteiger partial charge in [0.25, 0.3) is 5.91 Å². The number of halogens is 1. The Balaban J connectivity index is 1.66. The summed E-state index contributed by atoms with van der Waals surface area (Å²) in [7, 11) is 0. The molecular formula is C16H21FN2O2. The SMILES string of the molecule is O=C(c1ccc(F)cc1O)N1CCC(N2CCCCC2)C1. The fourth-order valence-corrected chi connectivity index (χ4v) is 3.36. The lowest BCUT2D eigenvalue weighted by molar-refractivity contribution is 0.0768. The molecule has 0 radical (unpaired) electrons. The normalized spacial score (nSPS) is 23.5. The van der Waals surface area contributed by atoms with Crippen LogP contribution in [0, 0.1) is 5.82 Å². The summed E-state index contributed by atoms with van der Waals surface area (Å²) < 4.78 is 13.0. The van der Waals surface area contributed by atoms with Gasteiger partial charge in [-0.3, -0.25) is 9.69 Å². The summed E-state index contributed by atoms with van der Waals surface area (Å²) in [6, 6.07) is 3.99. The lowest BCUT2D eigenvalue weighted by Crippen LogP contribution is -2.41. The molecule has 0 saturated carbocycles. The molecule has 21 heavy (non-hydrogen) atoms. The van der Waals surface area contributed by atoms with E-state index in [4.69, 9.17) is 0 Å². The summed E-state index contributed by atoms with van der Waals surface area (Å²) >= 11 is 0. The van der Waals surface area contributed by atoms with Gasteiger partial charge in [0, 0.05) is 25.2 Å². The fourth-order valence-electron chi connectivity index (χ4n) is 3.36. The van der Waals surface area contributed by atoms with Crippen LogP contribution in [0.1, 0.15) is 36.0 Å². The second kappa shape index (κ2) is 6.02. The van der Waals surface area contributed by atoms with Gasteiger partial charge in [-0.1, -0.05) is 6.42 Å². The van der Waals surface area contributed by atoms with Crippen LogP contribution in [-0.4, -0.2) is 53.0 Å². The number of piperidine rings is 1. The largest absolute Gasteiger partial charge is 0.507 e. The second-order valence-electron chi connectivity index (χ2n) is 5.95. The molecule has 2 heterocycles.